The maximum Gasteiger partial charge on any atom is 0.151 e. The Labute approximate surface area is 104 Å². The Morgan fingerprint density at radius 2 is 1.88 bits per heavy atom. The molecule has 0 spiro atoms. The molecular formula is C12H13N3OS. The predicted molar refractivity (Wildman–Crippen MR) is 68.2 cm³/mol. The summed E-state index contributed by atoms with van der Waals surface area (Å²) in [5.41, 5.74) is 6.48. The average Bonchev–Trinajstić information content (AvgIpc) is 2.35. The molecule has 88 valence electrons. The van der Waals surface area contributed by atoms with Gasteiger partial charge in [0, 0.05) is 12.4 Å². The van der Waals surface area contributed by atoms with Crippen LogP contribution >= 0.6 is 11.8 Å². The van der Waals surface area contributed by atoms with E-state index in [1.165, 1.54) is 11.8 Å². The molecule has 0 saturated carbocycles. The summed E-state index contributed by atoms with van der Waals surface area (Å²) in [6.07, 6.45) is 3.44. The highest BCUT2D eigenvalue weighted by Crippen LogP contribution is 2.34. The number of pyridine rings is 2. The van der Waals surface area contributed by atoms with Crippen molar-refractivity contribution < 1.29 is 4.74 Å². The Bertz CT molecular complexity index is 505. The van der Waals surface area contributed by atoms with Crippen molar-refractivity contribution in [2.45, 2.75) is 17.0 Å². The largest absolute Gasteiger partial charge is 0.491 e. The van der Waals surface area contributed by atoms with Gasteiger partial charge in [-0.15, -0.1) is 0 Å². The second-order valence-corrected chi connectivity index (χ2v) is 4.22. The van der Waals surface area contributed by atoms with Gasteiger partial charge in [0.15, 0.2) is 5.75 Å². The van der Waals surface area contributed by atoms with Crippen LogP contribution in [0.5, 0.6) is 5.75 Å². The molecule has 5 heteroatoms. The number of ether oxygens (including phenoxy) is 1. The summed E-state index contributed by atoms with van der Waals surface area (Å²) >= 11 is 1.41. The van der Waals surface area contributed by atoms with Gasteiger partial charge in [0.05, 0.1) is 12.3 Å². The second kappa shape index (κ2) is 5.54. The molecule has 4 nitrogen and oxygen atoms in total. The van der Waals surface area contributed by atoms with E-state index in [-0.39, 0.29) is 0 Å². The van der Waals surface area contributed by atoms with Crippen LogP contribution in [0.4, 0.5) is 5.69 Å². The summed E-state index contributed by atoms with van der Waals surface area (Å²) in [6, 6.07) is 7.36. The van der Waals surface area contributed by atoms with Crippen molar-refractivity contribution in [3.63, 3.8) is 0 Å². The first kappa shape index (κ1) is 11.7. The summed E-state index contributed by atoms with van der Waals surface area (Å²) < 4.78 is 5.50. The van der Waals surface area contributed by atoms with E-state index in [1.54, 1.807) is 18.5 Å². The number of nitrogens with two attached hydrogens (primary N) is 1. The molecule has 0 aromatic carbocycles. The van der Waals surface area contributed by atoms with E-state index in [0.717, 1.165) is 15.8 Å². The van der Waals surface area contributed by atoms with Crippen LogP contribution < -0.4 is 10.5 Å². The van der Waals surface area contributed by atoms with E-state index < -0.39 is 0 Å². The first-order valence-corrected chi connectivity index (χ1v) is 6.09. The van der Waals surface area contributed by atoms with Crippen molar-refractivity contribution in [2.75, 3.05) is 12.3 Å². The Morgan fingerprint density at radius 3 is 2.59 bits per heavy atom. The van der Waals surface area contributed by atoms with Crippen LogP contribution in [0.2, 0.25) is 0 Å². The third-order valence-corrected chi connectivity index (χ3v) is 3.06. The zero-order valence-corrected chi connectivity index (χ0v) is 10.3. The average molecular weight is 247 g/mol. The Morgan fingerprint density at radius 1 is 1.18 bits per heavy atom. The summed E-state index contributed by atoms with van der Waals surface area (Å²) in [4.78, 5) is 8.49. The van der Waals surface area contributed by atoms with Gasteiger partial charge in [-0.25, -0.2) is 9.97 Å². The van der Waals surface area contributed by atoms with E-state index in [2.05, 4.69) is 9.97 Å². The van der Waals surface area contributed by atoms with Gasteiger partial charge in [-0.2, -0.15) is 0 Å². The SMILES string of the molecule is CCOc1cccnc1Sc1ncccc1N. The molecule has 0 saturated heterocycles. The normalized spacial score (nSPS) is 10.2. The Balaban J connectivity index is 2.27. The lowest BCUT2D eigenvalue weighted by Crippen LogP contribution is -1.96. The van der Waals surface area contributed by atoms with Crippen LogP contribution in [0.25, 0.3) is 0 Å². The van der Waals surface area contributed by atoms with Crippen molar-refractivity contribution >= 4 is 17.4 Å². The number of rotatable bonds is 4. The quantitative estimate of drug-likeness (QED) is 0.899. The molecule has 0 aliphatic heterocycles. The van der Waals surface area contributed by atoms with Crippen molar-refractivity contribution in [1.29, 1.82) is 0 Å². The maximum absolute atomic E-state index is 5.84. The topological polar surface area (TPSA) is 61.0 Å². The van der Waals surface area contributed by atoms with Crippen molar-refractivity contribution in [1.82, 2.24) is 9.97 Å². The number of hydrogen-bond acceptors (Lipinski definition) is 5. The van der Waals surface area contributed by atoms with Gasteiger partial charge < -0.3 is 10.5 Å². The maximum atomic E-state index is 5.84. The van der Waals surface area contributed by atoms with Crippen LogP contribution in [0.3, 0.4) is 0 Å². The molecule has 0 fully saturated rings. The third-order valence-electron chi connectivity index (χ3n) is 2.03. The number of hydrogen-bond donors (Lipinski definition) is 1. The van der Waals surface area contributed by atoms with Crippen LogP contribution in [0.15, 0.2) is 46.7 Å². The van der Waals surface area contributed by atoms with Gasteiger partial charge in [-0.3, -0.25) is 0 Å². The summed E-state index contributed by atoms with van der Waals surface area (Å²) in [7, 11) is 0. The highest BCUT2D eigenvalue weighted by molar-refractivity contribution is 7.99. The van der Waals surface area contributed by atoms with E-state index in [4.69, 9.17) is 10.5 Å². The fourth-order valence-electron chi connectivity index (χ4n) is 1.30. The molecule has 2 N–H and O–H groups in total. The lowest BCUT2D eigenvalue weighted by atomic mass is 10.4. The Kier molecular flexibility index (Phi) is 3.82. The van der Waals surface area contributed by atoms with Crippen molar-refractivity contribution in [3.05, 3.63) is 36.7 Å². The smallest absolute Gasteiger partial charge is 0.151 e. The summed E-state index contributed by atoms with van der Waals surface area (Å²) in [5, 5.41) is 1.52. The molecule has 0 radical (unpaired) electrons. The lowest BCUT2D eigenvalue weighted by Gasteiger charge is -2.08. The minimum absolute atomic E-state index is 0.608. The van der Waals surface area contributed by atoms with Gasteiger partial charge in [0.1, 0.15) is 10.1 Å². The third kappa shape index (κ3) is 2.88. The van der Waals surface area contributed by atoms with E-state index >= 15 is 0 Å². The molecule has 2 heterocycles. The Hall–Kier alpha value is -1.75. The molecule has 0 unspecified atom stereocenters. The molecule has 0 bridgehead atoms. The van der Waals surface area contributed by atoms with Crippen molar-refractivity contribution in [2.24, 2.45) is 0 Å². The highest BCUT2D eigenvalue weighted by Gasteiger charge is 2.09. The van der Waals surface area contributed by atoms with Gasteiger partial charge in [-0.1, -0.05) is 0 Å². The zero-order chi connectivity index (χ0) is 12.1. The van der Waals surface area contributed by atoms with Crippen LogP contribution in [0, 0.1) is 0 Å². The standard InChI is InChI=1S/C12H13N3OS/c1-2-16-10-6-4-8-15-12(10)17-11-9(13)5-3-7-14-11/h3-8H,2,13H2,1H3. The minimum atomic E-state index is 0.608. The van der Waals surface area contributed by atoms with Crippen LogP contribution in [-0.2, 0) is 0 Å². The van der Waals surface area contributed by atoms with Gasteiger partial charge in [0.25, 0.3) is 0 Å². The first-order chi connectivity index (χ1) is 8.31. The monoisotopic (exact) mass is 247 g/mol. The summed E-state index contributed by atoms with van der Waals surface area (Å²) in [5.74, 6) is 0.755. The number of anilines is 1. The van der Waals surface area contributed by atoms with E-state index in [9.17, 15) is 0 Å². The molecular weight excluding hydrogens is 234 g/mol. The molecule has 0 aliphatic rings. The first-order valence-electron chi connectivity index (χ1n) is 5.27. The van der Waals surface area contributed by atoms with Gasteiger partial charge in [-0.05, 0) is 43.0 Å². The molecule has 0 aliphatic carbocycles. The molecule has 0 atom stereocenters. The molecule has 2 aromatic rings. The molecule has 2 aromatic heterocycles. The van der Waals surface area contributed by atoms with Crippen molar-refractivity contribution in [3.8, 4) is 5.75 Å². The van der Waals surface area contributed by atoms with Gasteiger partial charge in [0.2, 0.25) is 0 Å². The molecule has 17 heavy (non-hydrogen) atoms. The second-order valence-electron chi connectivity index (χ2n) is 3.24. The number of aromatic nitrogens is 2. The molecule has 2 rings (SSSR count). The van der Waals surface area contributed by atoms with E-state index in [1.807, 2.05) is 25.1 Å². The number of nitrogen functional groups attached to an aromatic ring is 1. The minimum Gasteiger partial charge on any atom is -0.491 e. The van der Waals surface area contributed by atoms with E-state index in [0.29, 0.717) is 12.3 Å². The van der Waals surface area contributed by atoms with Gasteiger partial charge >= 0.3 is 0 Å². The summed E-state index contributed by atoms with van der Waals surface area (Å²) in [6.45, 7) is 2.55. The van der Waals surface area contributed by atoms with Crippen LogP contribution in [0.1, 0.15) is 6.92 Å². The fourth-order valence-corrected chi connectivity index (χ4v) is 2.12. The lowest BCUT2D eigenvalue weighted by molar-refractivity contribution is 0.329. The highest BCUT2D eigenvalue weighted by atomic mass is 32.2. The number of nitrogens with zero attached hydrogens (tertiary/aromatic N) is 2. The predicted octanol–water partition coefficient (Wildman–Crippen LogP) is 2.61. The fraction of sp³-hybridized carbons (Fsp3) is 0.167. The zero-order valence-electron chi connectivity index (χ0n) is 9.46. The molecule has 0 amide bonds. The van der Waals surface area contributed by atoms with Crippen LogP contribution in [-0.4, -0.2) is 16.6 Å².